The van der Waals surface area contributed by atoms with Crippen LogP contribution in [0.15, 0.2) is 18.2 Å². The Kier molecular flexibility index (Phi) is 5.03. The lowest BCUT2D eigenvalue weighted by molar-refractivity contribution is 0.135. The number of aryl methyl sites for hydroxylation is 1. The third-order valence-corrected chi connectivity index (χ3v) is 4.86. The third kappa shape index (κ3) is 3.76. The van der Waals surface area contributed by atoms with Crippen LogP contribution in [-0.2, 0) is 6.54 Å². The van der Waals surface area contributed by atoms with Crippen LogP contribution in [0, 0.1) is 6.92 Å². The minimum Gasteiger partial charge on any atom is -0.371 e. The monoisotopic (exact) mass is 317 g/mol. The number of hydrogen-bond donors (Lipinski definition) is 2. The zero-order valence-electron chi connectivity index (χ0n) is 13.9. The van der Waals surface area contributed by atoms with Gasteiger partial charge in [-0.15, -0.1) is 0 Å². The normalized spacial score (nSPS) is 19.2. The molecule has 126 valence electrons. The van der Waals surface area contributed by atoms with Crippen LogP contribution in [0.1, 0.15) is 24.0 Å². The molecule has 23 heavy (non-hydrogen) atoms. The largest absolute Gasteiger partial charge is 0.371 e. The van der Waals surface area contributed by atoms with Gasteiger partial charge in [0.2, 0.25) is 0 Å². The molecule has 0 saturated carbocycles. The summed E-state index contributed by atoms with van der Waals surface area (Å²) < 4.78 is 0. The zero-order valence-corrected chi connectivity index (χ0v) is 13.9. The highest BCUT2D eigenvalue weighted by Crippen LogP contribution is 2.27. The van der Waals surface area contributed by atoms with Gasteiger partial charge < -0.3 is 9.80 Å². The predicted octanol–water partition coefficient (Wildman–Crippen LogP) is 1.30. The first kappa shape index (κ1) is 16.1. The lowest BCUT2D eigenvalue weighted by Crippen LogP contribution is -2.52. The van der Waals surface area contributed by atoms with Gasteiger partial charge >= 0.3 is 6.03 Å². The van der Waals surface area contributed by atoms with E-state index < -0.39 is 0 Å². The van der Waals surface area contributed by atoms with Crippen molar-refractivity contribution in [3.63, 3.8) is 0 Å². The molecule has 1 aromatic carbocycles. The number of anilines is 1. The van der Waals surface area contributed by atoms with Gasteiger partial charge in [0, 0.05) is 51.5 Å². The van der Waals surface area contributed by atoms with Gasteiger partial charge in [-0.3, -0.25) is 10.3 Å². The van der Waals surface area contributed by atoms with Crippen LogP contribution in [0.25, 0.3) is 0 Å². The van der Waals surface area contributed by atoms with Crippen LogP contribution in [0.2, 0.25) is 0 Å². The van der Waals surface area contributed by atoms with Crippen LogP contribution in [0.3, 0.4) is 0 Å². The summed E-state index contributed by atoms with van der Waals surface area (Å²) in [6.45, 7) is 8.68. The number of rotatable bonds is 3. The van der Waals surface area contributed by atoms with Crippen LogP contribution >= 0.6 is 0 Å². The van der Waals surface area contributed by atoms with E-state index in [1.165, 1.54) is 42.7 Å². The Morgan fingerprint density at radius 3 is 2.48 bits per heavy atom. The van der Waals surface area contributed by atoms with Crippen LogP contribution in [0.4, 0.5) is 10.5 Å². The molecular formula is C17H27N5O. The molecule has 2 fully saturated rings. The Labute approximate surface area is 138 Å². The molecule has 0 aromatic heterocycles. The second-order valence-electron chi connectivity index (χ2n) is 6.54. The fourth-order valence-corrected chi connectivity index (χ4v) is 3.50. The van der Waals surface area contributed by atoms with Crippen molar-refractivity contribution in [3.05, 3.63) is 29.3 Å². The van der Waals surface area contributed by atoms with Crippen molar-refractivity contribution in [2.75, 3.05) is 44.2 Å². The van der Waals surface area contributed by atoms with E-state index in [1.54, 1.807) is 4.90 Å². The average molecular weight is 317 g/mol. The third-order valence-electron chi connectivity index (χ3n) is 4.86. The van der Waals surface area contributed by atoms with Gasteiger partial charge in [-0.05, 0) is 37.0 Å². The van der Waals surface area contributed by atoms with Crippen molar-refractivity contribution in [3.8, 4) is 0 Å². The smallest absolute Gasteiger partial charge is 0.331 e. The first-order valence-electron chi connectivity index (χ1n) is 8.50. The summed E-state index contributed by atoms with van der Waals surface area (Å²) in [7, 11) is 0. The van der Waals surface area contributed by atoms with Crippen molar-refractivity contribution in [1.29, 1.82) is 0 Å². The molecule has 2 saturated heterocycles. The Hall–Kier alpha value is -1.79. The number of benzene rings is 1. The number of carbonyl (C=O) groups excluding carboxylic acids is 1. The lowest BCUT2D eigenvalue weighted by atomic mass is 10.1. The van der Waals surface area contributed by atoms with Crippen molar-refractivity contribution >= 4 is 11.7 Å². The Balaban J connectivity index is 1.65. The molecule has 3 rings (SSSR count). The molecule has 2 amide bonds. The quantitative estimate of drug-likeness (QED) is 0.501. The molecule has 2 heterocycles. The second-order valence-corrected chi connectivity index (χ2v) is 6.54. The summed E-state index contributed by atoms with van der Waals surface area (Å²) in [5.41, 5.74) is 6.32. The summed E-state index contributed by atoms with van der Waals surface area (Å²) in [6.07, 6.45) is 2.58. The maximum atomic E-state index is 11.6. The number of nitrogens with one attached hydrogen (secondary N) is 1. The average Bonchev–Trinajstić information content (AvgIpc) is 3.11. The van der Waals surface area contributed by atoms with Gasteiger partial charge in [-0.1, -0.05) is 12.1 Å². The number of hydrazine groups is 1. The summed E-state index contributed by atoms with van der Waals surface area (Å²) in [4.78, 5) is 18.3. The topological polar surface area (TPSA) is 64.8 Å². The zero-order chi connectivity index (χ0) is 16.2. The van der Waals surface area contributed by atoms with Crippen molar-refractivity contribution in [2.24, 2.45) is 5.84 Å². The van der Waals surface area contributed by atoms with E-state index >= 15 is 0 Å². The Morgan fingerprint density at radius 2 is 1.83 bits per heavy atom. The molecule has 2 aliphatic rings. The highest BCUT2D eigenvalue weighted by molar-refractivity contribution is 5.73. The van der Waals surface area contributed by atoms with Crippen LogP contribution < -0.4 is 16.2 Å². The first-order chi connectivity index (χ1) is 11.2. The Bertz CT molecular complexity index is 548. The van der Waals surface area contributed by atoms with E-state index in [-0.39, 0.29) is 6.03 Å². The minimum absolute atomic E-state index is 0.183. The number of nitrogens with zero attached hydrogens (tertiary/aromatic N) is 3. The number of urea groups is 1. The van der Waals surface area contributed by atoms with Gasteiger partial charge in [-0.25, -0.2) is 10.6 Å². The molecular weight excluding hydrogens is 290 g/mol. The number of carbonyl (C=O) groups is 1. The number of nitrogens with two attached hydrogens (primary N) is 1. The molecule has 0 bridgehead atoms. The van der Waals surface area contributed by atoms with Gasteiger partial charge in [0.25, 0.3) is 0 Å². The molecule has 6 heteroatoms. The van der Waals surface area contributed by atoms with Gasteiger partial charge in [0.05, 0.1) is 0 Å². The van der Waals surface area contributed by atoms with E-state index in [0.717, 1.165) is 32.7 Å². The fraction of sp³-hybridized carbons (Fsp3) is 0.588. The van der Waals surface area contributed by atoms with Gasteiger partial charge in [0.1, 0.15) is 0 Å². The molecule has 6 nitrogen and oxygen atoms in total. The number of piperazine rings is 1. The fourth-order valence-electron chi connectivity index (χ4n) is 3.50. The highest BCUT2D eigenvalue weighted by Gasteiger charge is 2.22. The van der Waals surface area contributed by atoms with Gasteiger partial charge in [0.15, 0.2) is 0 Å². The summed E-state index contributed by atoms with van der Waals surface area (Å²) in [6, 6.07) is 6.60. The molecule has 3 N–H and O–H groups in total. The molecule has 1 aromatic rings. The maximum Gasteiger partial charge on any atom is 0.331 e. The van der Waals surface area contributed by atoms with Gasteiger partial charge in [-0.2, -0.15) is 0 Å². The van der Waals surface area contributed by atoms with Crippen molar-refractivity contribution in [1.82, 2.24) is 15.2 Å². The molecule has 0 spiro atoms. The standard InChI is InChI=1S/C17H27N5O/c1-14-4-5-15(16(12-14)21-6-2-3-7-21)13-20-8-10-22(11-9-20)17(23)19-18/h4-5,12H,2-3,6-11,13,18H2,1H3,(H,19,23). The SMILES string of the molecule is Cc1ccc(CN2CCN(C(=O)NN)CC2)c(N2CCCC2)c1. The summed E-state index contributed by atoms with van der Waals surface area (Å²) in [5.74, 6) is 5.20. The summed E-state index contributed by atoms with van der Waals surface area (Å²) >= 11 is 0. The molecule has 0 aliphatic carbocycles. The van der Waals surface area contributed by atoms with E-state index in [1.807, 2.05) is 0 Å². The first-order valence-corrected chi connectivity index (χ1v) is 8.50. The predicted molar refractivity (Wildman–Crippen MR) is 92.2 cm³/mol. The molecule has 2 aliphatic heterocycles. The molecule has 0 unspecified atom stereocenters. The van der Waals surface area contributed by atoms with Crippen molar-refractivity contribution in [2.45, 2.75) is 26.3 Å². The van der Waals surface area contributed by atoms with Crippen LogP contribution in [-0.4, -0.2) is 55.1 Å². The van der Waals surface area contributed by atoms with E-state index in [9.17, 15) is 4.79 Å². The van der Waals surface area contributed by atoms with Crippen LogP contribution in [0.5, 0.6) is 0 Å². The summed E-state index contributed by atoms with van der Waals surface area (Å²) in [5, 5.41) is 0. The minimum atomic E-state index is -0.183. The maximum absolute atomic E-state index is 11.6. The highest BCUT2D eigenvalue weighted by atomic mass is 16.2. The van der Waals surface area contributed by atoms with E-state index in [4.69, 9.17) is 5.84 Å². The van der Waals surface area contributed by atoms with Crippen molar-refractivity contribution < 1.29 is 4.79 Å². The lowest BCUT2D eigenvalue weighted by Gasteiger charge is -2.35. The van der Waals surface area contributed by atoms with E-state index in [0.29, 0.717) is 0 Å². The number of amides is 2. The molecule has 0 radical (unpaired) electrons. The molecule has 0 atom stereocenters. The van der Waals surface area contributed by atoms with E-state index in [2.05, 4.69) is 40.3 Å². The number of hydrogen-bond acceptors (Lipinski definition) is 4. The second kappa shape index (κ2) is 7.19. The Morgan fingerprint density at radius 1 is 1.13 bits per heavy atom.